The Morgan fingerprint density at radius 2 is 2.17 bits per heavy atom. The number of nitro benzene ring substituents is 1. The summed E-state index contributed by atoms with van der Waals surface area (Å²) in [5, 5.41) is 10.5. The minimum atomic E-state index is -3.89. The third kappa shape index (κ3) is 3.12. The van der Waals surface area contributed by atoms with Crippen LogP contribution in [0.5, 0.6) is 0 Å². The Hall–Kier alpha value is -1.68. The predicted octanol–water partition coefficient (Wildman–Crippen LogP) is 3.08. The van der Waals surface area contributed by atoms with Crippen molar-refractivity contribution >= 4 is 39.1 Å². The first-order valence-electron chi connectivity index (χ1n) is 6.88. The van der Waals surface area contributed by atoms with E-state index in [2.05, 4.69) is 4.98 Å². The molecule has 0 N–H and O–H groups in total. The molecule has 1 aliphatic rings. The third-order valence-electron chi connectivity index (χ3n) is 3.54. The van der Waals surface area contributed by atoms with Crippen LogP contribution in [0, 0.1) is 10.1 Å². The van der Waals surface area contributed by atoms with E-state index in [9.17, 15) is 18.5 Å². The van der Waals surface area contributed by atoms with Crippen molar-refractivity contribution in [3.05, 3.63) is 63.4 Å². The molecule has 0 spiro atoms. The van der Waals surface area contributed by atoms with Crippen molar-refractivity contribution in [1.29, 1.82) is 0 Å². The highest BCUT2D eigenvalue weighted by Gasteiger charge is 2.37. The Kier molecular flexibility index (Phi) is 4.77. The SMILES string of the molecule is O=[N+]([O-])c1cc(S(=O)(=O)N2CCSC2c2cccnc2)ccc1Cl. The van der Waals surface area contributed by atoms with Crippen LogP contribution in [0.2, 0.25) is 5.02 Å². The molecule has 0 aliphatic carbocycles. The average molecular weight is 386 g/mol. The first-order chi connectivity index (χ1) is 11.4. The lowest BCUT2D eigenvalue weighted by atomic mass is 10.3. The standard InChI is InChI=1S/C14H12ClN3O4S2/c15-12-4-3-11(8-13(12)18(19)20)24(21,22)17-6-7-23-14(17)10-2-1-5-16-9-10/h1-5,8-9,14H,6-7H2. The maximum atomic E-state index is 12.9. The highest BCUT2D eigenvalue weighted by atomic mass is 35.5. The van der Waals surface area contributed by atoms with Crippen molar-refractivity contribution in [3.8, 4) is 0 Å². The summed E-state index contributed by atoms with van der Waals surface area (Å²) in [6.45, 7) is 0.322. The van der Waals surface area contributed by atoms with Crippen LogP contribution in [0.15, 0.2) is 47.6 Å². The minimum Gasteiger partial charge on any atom is -0.264 e. The number of hydrogen-bond donors (Lipinski definition) is 0. The summed E-state index contributed by atoms with van der Waals surface area (Å²) in [4.78, 5) is 14.2. The van der Waals surface area contributed by atoms with Crippen molar-refractivity contribution in [2.24, 2.45) is 0 Å². The largest absolute Gasteiger partial charge is 0.289 e. The molecule has 1 unspecified atom stereocenters. The summed E-state index contributed by atoms with van der Waals surface area (Å²) in [5.41, 5.74) is 0.342. The summed E-state index contributed by atoms with van der Waals surface area (Å²) >= 11 is 7.25. The molecule has 0 radical (unpaired) electrons. The molecule has 1 aromatic heterocycles. The molecule has 1 aliphatic heterocycles. The van der Waals surface area contributed by atoms with E-state index >= 15 is 0 Å². The van der Waals surface area contributed by atoms with Crippen LogP contribution >= 0.6 is 23.4 Å². The number of thioether (sulfide) groups is 1. The van der Waals surface area contributed by atoms with Gasteiger partial charge in [-0.25, -0.2) is 8.42 Å². The Morgan fingerprint density at radius 3 is 2.83 bits per heavy atom. The van der Waals surface area contributed by atoms with Crippen molar-refractivity contribution in [3.63, 3.8) is 0 Å². The number of benzene rings is 1. The van der Waals surface area contributed by atoms with E-state index < -0.39 is 26.0 Å². The van der Waals surface area contributed by atoms with E-state index in [1.54, 1.807) is 18.5 Å². The molecule has 2 aromatic rings. The number of nitrogens with zero attached hydrogens (tertiary/aromatic N) is 3. The van der Waals surface area contributed by atoms with Crippen LogP contribution in [0.25, 0.3) is 0 Å². The van der Waals surface area contributed by atoms with Gasteiger partial charge in [0.25, 0.3) is 5.69 Å². The minimum absolute atomic E-state index is 0.0986. The predicted molar refractivity (Wildman–Crippen MR) is 91.4 cm³/mol. The van der Waals surface area contributed by atoms with E-state index in [0.717, 1.165) is 11.6 Å². The van der Waals surface area contributed by atoms with Crippen LogP contribution in [-0.2, 0) is 10.0 Å². The smallest absolute Gasteiger partial charge is 0.264 e. The zero-order valence-corrected chi connectivity index (χ0v) is 14.6. The maximum Gasteiger partial charge on any atom is 0.289 e. The Balaban J connectivity index is 2.01. The molecule has 10 heteroatoms. The fraction of sp³-hybridized carbons (Fsp3) is 0.214. The lowest BCUT2D eigenvalue weighted by molar-refractivity contribution is -0.384. The quantitative estimate of drug-likeness (QED) is 0.593. The van der Waals surface area contributed by atoms with Gasteiger partial charge < -0.3 is 0 Å². The first kappa shape index (κ1) is 17.2. The molecular formula is C14H12ClN3O4S2. The summed E-state index contributed by atoms with van der Waals surface area (Å²) < 4.78 is 27.2. The first-order valence-corrected chi connectivity index (χ1v) is 9.75. The van der Waals surface area contributed by atoms with Crippen molar-refractivity contribution < 1.29 is 13.3 Å². The fourth-order valence-corrected chi connectivity index (χ4v) is 5.84. The Morgan fingerprint density at radius 1 is 1.38 bits per heavy atom. The zero-order valence-electron chi connectivity index (χ0n) is 12.2. The number of nitro groups is 1. The van der Waals surface area contributed by atoms with Gasteiger partial charge in [-0.3, -0.25) is 15.1 Å². The van der Waals surface area contributed by atoms with Gasteiger partial charge in [-0.2, -0.15) is 4.31 Å². The molecule has 1 fully saturated rings. The molecule has 126 valence electrons. The van der Waals surface area contributed by atoms with Crippen molar-refractivity contribution in [1.82, 2.24) is 9.29 Å². The van der Waals surface area contributed by atoms with Gasteiger partial charge in [0.2, 0.25) is 10.0 Å². The molecule has 0 amide bonds. The van der Waals surface area contributed by atoms with E-state index in [1.807, 2.05) is 6.07 Å². The molecule has 24 heavy (non-hydrogen) atoms. The molecular weight excluding hydrogens is 374 g/mol. The second kappa shape index (κ2) is 6.67. The van der Waals surface area contributed by atoms with Crippen LogP contribution < -0.4 is 0 Å². The van der Waals surface area contributed by atoms with Gasteiger partial charge in [-0.05, 0) is 23.8 Å². The molecule has 1 saturated heterocycles. The lowest BCUT2D eigenvalue weighted by Gasteiger charge is -2.23. The number of sulfonamides is 1. The monoisotopic (exact) mass is 385 g/mol. The molecule has 2 heterocycles. The van der Waals surface area contributed by atoms with Gasteiger partial charge in [-0.15, -0.1) is 11.8 Å². The number of halogens is 1. The fourth-order valence-electron chi connectivity index (χ4n) is 2.41. The molecule has 3 rings (SSSR count). The van der Waals surface area contributed by atoms with Crippen LogP contribution in [0.3, 0.4) is 0 Å². The van der Waals surface area contributed by atoms with Gasteiger partial charge in [0.15, 0.2) is 0 Å². The summed E-state index contributed by atoms with van der Waals surface area (Å²) in [5.74, 6) is 0.633. The Labute approximate surface area is 147 Å². The number of aromatic nitrogens is 1. The highest BCUT2D eigenvalue weighted by molar-refractivity contribution is 8.01. The van der Waals surface area contributed by atoms with Gasteiger partial charge in [0.05, 0.1) is 15.2 Å². The van der Waals surface area contributed by atoms with E-state index in [1.165, 1.54) is 28.2 Å². The molecule has 1 atom stereocenters. The average Bonchev–Trinajstić information content (AvgIpc) is 3.06. The van der Waals surface area contributed by atoms with E-state index in [0.29, 0.717) is 12.3 Å². The normalized spacial score (nSPS) is 18.6. The molecule has 0 saturated carbocycles. The van der Waals surface area contributed by atoms with Gasteiger partial charge >= 0.3 is 0 Å². The molecule has 0 bridgehead atoms. The number of hydrogen-bond acceptors (Lipinski definition) is 6. The zero-order chi connectivity index (χ0) is 17.3. The summed E-state index contributed by atoms with van der Waals surface area (Å²) in [7, 11) is -3.89. The summed E-state index contributed by atoms with van der Waals surface area (Å²) in [6.07, 6.45) is 3.24. The van der Waals surface area contributed by atoms with Crippen molar-refractivity contribution in [2.75, 3.05) is 12.3 Å². The second-order valence-electron chi connectivity index (χ2n) is 5.00. The lowest BCUT2D eigenvalue weighted by Crippen LogP contribution is -2.30. The van der Waals surface area contributed by atoms with Gasteiger partial charge in [-0.1, -0.05) is 17.7 Å². The van der Waals surface area contributed by atoms with Gasteiger partial charge in [0.1, 0.15) is 5.02 Å². The molecule has 7 nitrogen and oxygen atoms in total. The van der Waals surface area contributed by atoms with E-state index in [4.69, 9.17) is 11.6 Å². The number of rotatable bonds is 4. The topological polar surface area (TPSA) is 93.4 Å². The highest BCUT2D eigenvalue weighted by Crippen LogP contribution is 2.41. The Bertz CT molecular complexity index is 877. The van der Waals surface area contributed by atoms with Crippen LogP contribution in [0.1, 0.15) is 10.9 Å². The summed E-state index contributed by atoms with van der Waals surface area (Å²) in [6, 6.07) is 7.07. The maximum absolute atomic E-state index is 12.9. The second-order valence-corrected chi connectivity index (χ2v) is 8.48. The number of pyridine rings is 1. The van der Waals surface area contributed by atoms with Crippen LogP contribution in [0.4, 0.5) is 5.69 Å². The van der Waals surface area contributed by atoms with Crippen molar-refractivity contribution in [2.45, 2.75) is 10.3 Å². The van der Waals surface area contributed by atoms with Gasteiger partial charge in [0, 0.05) is 30.8 Å². The van der Waals surface area contributed by atoms with Crippen LogP contribution in [-0.4, -0.2) is 34.9 Å². The third-order valence-corrected chi connectivity index (χ3v) is 7.11. The molecule has 1 aromatic carbocycles. The van der Waals surface area contributed by atoms with E-state index in [-0.39, 0.29) is 9.92 Å².